The topological polar surface area (TPSA) is 21.3 Å². The fourth-order valence-corrected chi connectivity index (χ4v) is 3.32. The molecule has 2 fully saturated rings. The molecule has 2 heteroatoms. The van der Waals surface area contributed by atoms with Crippen molar-refractivity contribution in [2.45, 2.75) is 65.8 Å². The van der Waals surface area contributed by atoms with Gasteiger partial charge in [0.1, 0.15) is 0 Å². The van der Waals surface area contributed by atoms with Gasteiger partial charge in [-0.1, -0.05) is 34.1 Å². The van der Waals surface area contributed by atoms with E-state index in [9.17, 15) is 0 Å². The van der Waals surface area contributed by atoms with Crippen LogP contribution in [0.25, 0.3) is 0 Å². The Morgan fingerprint density at radius 2 is 1.83 bits per heavy atom. The van der Waals surface area contributed by atoms with E-state index in [0.29, 0.717) is 10.8 Å². The highest BCUT2D eigenvalue weighted by molar-refractivity contribution is 4.86. The Labute approximate surface area is 113 Å². The molecule has 1 N–H and O–H groups in total. The maximum Gasteiger partial charge on any atom is 0.0554 e. The lowest BCUT2D eigenvalue weighted by atomic mass is 9.76. The highest BCUT2D eigenvalue weighted by Gasteiger charge is 2.34. The summed E-state index contributed by atoms with van der Waals surface area (Å²) in [5.41, 5.74) is 0.901. The summed E-state index contributed by atoms with van der Waals surface area (Å²) < 4.78 is 5.32. The van der Waals surface area contributed by atoms with Gasteiger partial charge in [0, 0.05) is 18.0 Å². The Morgan fingerprint density at radius 1 is 1.11 bits per heavy atom. The van der Waals surface area contributed by atoms with Gasteiger partial charge in [-0.3, -0.25) is 0 Å². The molecule has 0 aromatic carbocycles. The Balaban J connectivity index is 1.75. The van der Waals surface area contributed by atoms with E-state index >= 15 is 0 Å². The number of hydrogen-bond acceptors (Lipinski definition) is 2. The van der Waals surface area contributed by atoms with E-state index in [1.165, 1.54) is 32.1 Å². The molecular weight excluding hydrogens is 222 g/mol. The van der Waals surface area contributed by atoms with Crippen LogP contribution in [-0.2, 0) is 4.74 Å². The fraction of sp³-hybridized carbons (Fsp3) is 1.00. The summed E-state index contributed by atoms with van der Waals surface area (Å²) in [5, 5.41) is 3.80. The number of nitrogens with one attached hydrogen (secondary N) is 1. The first-order chi connectivity index (χ1) is 8.39. The zero-order valence-corrected chi connectivity index (χ0v) is 12.7. The molecule has 0 radical (unpaired) electrons. The van der Waals surface area contributed by atoms with Crippen LogP contribution in [0.15, 0.2) is 0 Å². The zero-order valence-electron chi connectivity index (χ0n) is 12.7. The van der Waals surface area contributed by atoms with Crippen LogP contribution >= 0.6 is 0 Å². The summed E-state index contributed by atoms with van der Waals surface area (Å²) in [7, 11) is 0. The lowest BCUT2D eigenvalue weighted by molar-refractivity contribution is -0.100. The third-order valence-corrected chi connectivity index (χ3v) is 4.91. The molecule has 2 aliphatic rings. The quantitative estimate of drug-likeness (QED) is 0.776. The van der Waals surface area contributed by atoms with Gasteiger partial charge in [0.05, 0.1) is 13.2 Å². The summed E-state index contributed by atoms with van der Waals surface area (Å²) in [6.45, 7) is 12.6. The molecule has 0 aromatic heterocycles. The molecule has 106 valence electrons. The van der Waals surface area contributed by atoms with Gasteiger partial charge < -0.3 is 10.1 Å². The van der Waals surface area contributed by atoms with Gasteiger partial charge in [0.15, 0.2) is 0 Å². The first kappa shape index (κ1) is 14.3. The summed E-state index contributed by atoms with van der Waals surface area (Å²) >= 11 is 0. The smallest absolute Gasteiger partial charge is 0.0554 e. The second kappa shape index (κ2) is 5.50. The van der Waals surface area contributed by atoms with Crippen LogP contribution in [-0.4, -0.2) is 25.8 Å². The Hall–Kier alpha value is -0.0800. The molecule has 1 heterocycles. The predicted octanol–water partition coefficient (Wildman–Crippen LogP) is 3.61. The van der Waals surface area contributed by atoms with Crippen LogP contribution in [0.4, 0.5) is 0 Å². The van der Waals surface area contributed by atoms with Gasteiger partial charge >= 0.3 is 0 Å². The molecule has 1 aliphatic carbocycles. The first-order valence-electron chi connectivity index (χ1n) is 7.70. The molecule has 0 bridgehead atoms. The molecule has 2 rings (SSSR count). The van der Waals surface area contributed by atoms with Crippen LogP contribution in [0, 0.1) is 16.7 Å². The van der Waals surface area contributed by atoms with E-state index in [2.05, 4.69) is 33.0 Å². The highest BCUT2D eigenvalue weighted by atomic mass is 16.5. The van der Waals surface area contributed by atoms with Gasteiger partial charge in [-0.2, -0.15) is 0 Å². The summed E-state index contributed by atoms with van der Waals surface area (Å²) in [6.07, 6.45) is 6.94. The lowest BCUT2D eigenvalue weighted by Crippen LogP contribution is -2.49. The minimum Gasteiger partial charge on any atom is -0.380 e. The summed E-state index contributed by atoms with van der Waals surface area (Å²) in [4.78, 5) is 0. The zero-order chi connectivity index (χ0) is 13.2. The van der Waals surface area contributed by atoms with Gasteiger partial charge in [0.2, 0.25) is 0 Å². The first-order valence-corrected chi connectivity index (χ1v) is 7.70. The fourth-order valence-electron chi connectivity index (χ4n) is 3.32. The average Bonchev–Trinajstić information content (AvgIpc) is 2.48. The van der Waals surface area contributed by atoms with Crippen LogP contribution in [0.3, 0.4) is 0 Å². The normalized spacial score (nSPS) is 32.7. The minimum atomic E-state index is 0.412. The molecule has 1 saturated carbocycles. The van der Waals surface area contributed by atoms with Gasteiger partial charge in [-0.05, 0) is 37.0 Å². The van der Waals surface area contributed by atoms with Gasteiger partial charge in [-0.25, -0.2) is 0 Å². The number of hydrogen-bond donors (Lipinski definition) is 1. The Kier molecular flexibility index (Phi) is 4.38. The third kappa shape index (κ3) is 3.71. The Morgan fingerprint density at radius 3 is 2.39 bits per heavy atom. The molecular formula is C16H31NO. The predicted molar refractivity (Wildman–Crippen MR) is 76.7 cm³/mol. The van der Waals surface area contributed by atoms with Crippen molar-refractivity contribution in [3.05, 3.63) is 0 Å². The number of rotatable bonds is 3. The second-order valence-electron chi connectivity index (χ2n) is 7.95. The van der Waals surface area contributed by atoms with E-state index in [4.69, 9.17) is 4.74 Å². The van der Waals surface area contributed by atoms with Crippen molar-refractivity contribution in [3.63, 3.8) is 0 Å². The van der Waals surface area contributed by atoms with E-state index in [1.54, 1.807) is 0 Å². The van der Waals surface area contributed by atoms with Crippen molar-refractivity contribution in [1.82, 2.24) is 5.32 Å². The van der Waals surface area contributed by atoms with Crippen molar-refractivity contribution in [2.75, 3.05) is 19.8 Å². The Bertz CT molecular complexity index is 265. The number of ether oxygens (including phenoxy) is 1. The summed E-state index contributed by atoms with van der Waals surface area (Å²) in [5.74, 6) is 0.909. The van der Waals surface area contributed by atoms with Crippen molar-refractivity contribution in [1.29, 1.82) is 0 Å². The van der Waals surface area contributed by atoms with Gasteiger partial charge in [-0.15, -0.1) is 0 Å². The summed E-state index contributed by atoms with van der Waals surface area (Å²) in [6, 6.07) is 0.745. The largest absolute Gasteiger partial charge is 0.380 e. The molecule has 2 nitrogen and oxygen atoms in total. The molecule has 0 amide bonds. The van der Waals surface area contributed by atoms with Crippen molar-refractivity contribution in [3.8, 4) is 0 Å². The van der Waals surface area contributed by atoms with E-state index in [-0.39, 0.29) is 0 Å². The van der Waals surface area contributed by atoms with Crippen molar-refractivity contribution < 1.29 is 4.74 Å². The molecule has 18 heavy (non-hydrogen) atoms. The highest BCUT2D eigenvalue weighted by Crippen LogP contribution is 2.37. The molecule has 1 aliphatic heterocycles. The molecule has 2 atom stereocenters. The van der Waals surface area contributed by atoms with Crippen LogP contribution in [0.2, 0.25) is 0 Å². The SMILES string of the molecule is CC1(CNC2CCCC(C(C)(C)C)CC2)COC1. The van der Waals surface area contributed by atoms with E-state index < -0.39 is 0 Å². The monoisotopic (exact) mass is 253 g/mol. The lowest BCUT2D eigenvalue weighted by Gasteiger charge is -2.39. The standard InChI is InChI=1S/C16H31NO/c1-15(2,3)13-6-5-7-14(9-8-13)17-10-16(4)11-18-12-16/h13-14,17H,5-12H2,1-4H3. The maximum absolute atomic E-state index is 5.32. The van der Waals surface area contributed by atoms with Crippen molar-refractivity contribution >= 4 is 0 Å². The second-order valence-corrected chi connectivity index (χ2v) is 7.95. The average molecular weight is 253 g/mol. The van der Waals surface area contributed by atoms with Crippen LogP contribution < -0.4 is 5.32 Å². The van der Waals surface area contributed by atoms with Crippen molar-refractivity contribution in [2.24, 2.45) is 16.7 Å². The third-order valence-electron chi connectivity index (χ3n) is 4.91. The molecule has 2 unspecified atom stereocenters. The van der Waals surface area contributed by atoms with Crippen LogP contribution in [0.1, 0.15) is 59.8 Å². The molecule has 0 spiro atoms. The minimum absolute atomic E-state index is 0.412. The van der Waals surface area contributed by atoms with E-state index in [1.807, 2.05) is 0 Å². The van der Waals surface area contributed by atoms with Gasteiger partial charge in [0.25, 0.3) is 0 Å². The maximum atomic E-state index is 5.32. The van der Waals surface area contributed by atoms with Crippen LogP contribution in [0.5, 0.6) is 0 Å². The molecule has 0 aromatic rings. The van der Waals surface area contributed by atoms with E-state index in [0.717, 1.165) is 31.7 Å². The molecule has 1 saturated heterocycles.